The van der Waals surface area contributed by atoms with E-state index >= 15 is 0 Å². The highest BCUT2D eigenvalue weighted by molar-refractivity contribution is 6.30. The summed E-state index contributed by atoms with van der Waals surface area (Å²) in [5.74, 6) is 0.141. The van der Waals surface area contributed by atoms with Crippen molar-refractivity contribution >= 4 is 29.5 Å². The molecule has 1 aromatic heterocycles. The number of pyridine rings is 1. The van der Waals surface area contributed by atoms with Crippen LogP contribution in [0.15, 0.2) is 77.2 Å². The molecule has 0 aliphatic carbocycles. The van der Waals surface area contributed by atoms with Gasteiger partial charge in [0.1, 0.15) is 11.4 Å². The third-order valence-corrected chi connectivity index (χ3v) is 7.04. The van der Waals surface area contributed by atoms with Crippen LogP contribution in [-0.4, -0.2) is 41.5 Å². The Balaban J connectivity index is 1.46. The van der Waals surface area contributed by atoms with Crippen LogP contribution >= 0.6 is 11.6 Å². The predicted molar refractivity (Wildman–Crippen MR) is 138 cm³/mol. The van der Waals surface area contributed by atoms with E-state index in [4.69, 9.17) is 16.3 Å². The van der Waals surface area contributed by atoms with Gasteiger partial charge in [0.05, 0.1) is 7.11 Å². The number of benzene rings is 2. The maximum atomic E-state index is 13.8. The first-order valence-electron chi connectivity index (χ1n) is 11.8. The standard InChI is InChI=1S/C28H26ClN3O4/c1-36-25-7-3-2-5-20(25)14-23(30-27(34)19-9-11-22(29)12-10-19)28(35)31-15-18-13-21(17-31)24-6-4-8-26(33)32(24)16-18/h2-12,14,18,21H,13,15-17H2,1H3,(H,30,34)/b23-14+/t18-,21+/m1/s1. The maximum absolute atomic E-state index is 13.8. The monoisotopic (exact) mass is 503 g/mol. The van der Waals surface area contributed by atoms with Gasteiger partial charge < -0.3 is 19.5 Å². The predicted octanol–water partition coefficient (Wildman–Crippen LogP) is 3.93. The Bertz CT molecular complexity index is 1400. The first-order chi connectivity index (χ1) is 17.4. The van der Waals surface area contributed by atoms with E-state index in [1.807, 2.05) is 28.8 Å². The maximum Gasteiger partial charge on any atom is 0.270 e. The van der Waals surface area contributed by atoms with Crippen molar-refractivity contribution in [1.29, 1.82) is 0 Å². The van der Waals surface area contributed by atoms with E-state index in [0.29, 0.717) is 41.5 Å². The molecule has 184 valence electrons. The average molecular weight is 504 g/mol. The number of nitrogens with one attached hydrogen (secondary N) is 1. The molecule has 2 amide bonds. The second-order valence-electron chi connectivity index (χ2n) is 9.17. The minimum absolute atomic E-state index is 0.00559. The van der Waals surface area contributed by atoms with Crippen molar-refractivity contribution in [3.05, 3.63) is 105 Å². The van der Waals surface area contributed by atoms with Crippen molar-refractivity contribution in [1.82, 2.24) is 14.8 Å². The smallest absolute Gasteiger partial charge is 0.270 e. The van der Waals surface area contributed by atoms with Crippen LogP contribution in [-0.2, 0) is 11.3 Å². The van der Waals surface area contributed by atoms with Gasteiger partial charge in [0.25, 0.3) is 17.4 Å². The summed E-state index contributed by atoms with van der Waals surface area (Å²) < 4.78 is 7.28. The van der Waals surface area contributed by atoms with Crippen LogP contribution in [0.3, 0.4) is 0 Å². The summed E-state index contributed by atoms with van der Waals surface area (Å²) in [5.41, 5.74) is 2.17. The fourth-order valence-corrected chi connectivity index (χ4v) is 5.25. The third kappa shape index (κ3) is 4.79. The molecule has 7 nitrogen and oxygen atoms in total. The summed E-state index contributed by atoms with van der Waals surface area (Å²) in [5, 5.41) is 3.34. The van der Waals surface area contributed by atoms with Crippen LogP contribution in [0.25, 0.3) is 6.08 Å². The second-order valence-corrected chi connectivity index (χ2v) is 9.61. The van der Waals surface area contributed by atoms with Gasteiger partial charge >= 0.3 is 0 Å². The van der Waals surface area contributed by atoms with Gasteiger partial charge in [0.2, 0.25) is 0 Å². The van der Waals surface area contributed by atoms with E-state index in [0.717, 1.165) is 12.1 Å². The number of hydrogen-bond acceptors (Lipinski definition) is 4. The van der Waals surface area contributed by atoms with Gasteiger partial charge in [-0.25, -0.2) is 0 Å². The highest BCUT2D eigenvalue weighted by Gasteiger charge is 2.37. The second kappa shape index (κ2) is 10.0. The molecule has 1 N–H and O–H groups in total. The molecule has 1 saturated heterocycles. The number of rotatable bonds is 5. The van der Waals surface area contributed by atoms with Crippen molar-refractivity contribution in [2.45, 2.75) is 18.9 Å². The number of methoxy groups -OCH3 is 1. The third-order valence-electron chi connectivity index (χ3n) is 6.79. The fraction of sp³-hybridized carbons (Fsp3) is 0.250. The molecule has 3 aromatic rings. The molecule has 36 heavy (non-hydrogen) atoms. The zero-order valence-electron chi connectivity index (χ0n) is 19.8. The minimum atomic E-state index is -0.407. The zero-order valence-corrected chi connectivity index (χ0v) is 20.6. The van der Waals surface area contributed by atoms with Crippen molar-refractivity contribution in [2.75, 3.05) is 20.2 Å². The Morgan fingerprint density at radius 1 is 1.00 bits per heavy atom. The molecule has 2 aromatic carbocycles. The molecular weight excluding hydrogens is 478 g/mol. The van der Waals surface area contributed by atoms with Gasteiger partial charge in [-0.05, 0) is 54.8 Å². The molecule has 3 heterocycles. The highest BCUT2D eigenvalue weighted by Crippen LogP contribution is 2.35. The Morgan fingerprint density at radius 3 is 2.56 bits per heavy atom. The Kier molecular flexibility index (Phi) is 6.65. The number of nitrogens with zero attached hydrogens (tertiary/aromatic N) is 2. The molecule has 5 rings (SSSR count). The number of hydrogen-bond donors (Lipinski definition) is 1. The van der Waals surface area contributed by atoms with Gasteiger partial charge in [0.15, 0.2) is 0 Å². The highest BCUT2D eigenvalue weighted by atomic mass is 35.5. The van der Waals surface area contributed by atoms with E-state index in [9.17, 15) is 14.4 Å². The number of carbonyl (C=O) groups is 2. The Morgan fingerprint density at radius 2 is 1.78 bits per heavy atom. The van der Waals surface area contributed by atoms with Crippen LogP contribution in [0.1, 0.15) is 34.0 Å². The quantitative estimate of drug-likeness (QED) is 0.535. The summed E-state index contributed by atoms with van der Waals surface area (Å²) in [4.78, 5) is 41.1. The lowest BCUT2D eigenvalue weighted by molar-refractivity contribution is -0.130. The van der Waals surface area contributed by atoms with Gasteiger partial charge in [-0.2, -0.15) is 0 Å². The minimum Gasteiger partial charge on any atom is -0.496 e. The van der Waals surface area contributed by atoms with Crippen molar-refractivity contribution in [3.8, 4) is 5.75 Å². The molecule has 0 spiro atoms. The summed E-state index contributed by atoms with van der Waals surface area (Å²) in [6, 6.07) is 19.1. The van der Waals surface area contributed by atoms with Crippen LogP contribution in [0, 0.1) is 5.92 Å². The van der Waals surface area contributed by atoms with E-state index in [1.54, 1.807) is 60.6 Å². The fourth-order valence-electron chi connectivity index (χ4n) is 5.12. The van der Waals surface area contributed by atoms with Crippen LogP contribution in [0.5, 0.6) is 5.75 Å². The lowest BCUT2D eigenvalue weighted by Gasteiger charge is -2.43. The summed E-state index contributed by atoms with van der Waals surface area (Å²) >= 11 is 5.97. The molecule has 2 bridgehead atoms. The van der Waals surface area contributed by atoms with Crippen molar-refractivity contribution in [3.63, 3.8) is 0 Å². The summed E-state index contributed by atoms with van der Waals surface area (Å²) in [6.07, 6.45) is 2.58. The number of likely N-dealkylation sites (tertiary alicyclic amines) is 1. The molecule has 8 heteroatoms. The molecule has 2 aliphatic heterocycles. The number of piperidine rings is 1. The number of para-hydroxylation sites is 1. The lowest BCUT2D eigenvalue weighted by atomic mass is 9.83. The number of aromatic nitrogens is 1. The number of halogens is 1. The first-order valence-corrected chi connectivity index (χ1v) is 12.2. The largest absolute Gasteiger partial charge is 0.496 e. The topological polar surface area (TPSA) is 80.6 Å². The molecular formula is C28H26ClN3O4. The van der Waals surface area contributed by atoms with Gasteiger partial charge in [-0.3, -0.25) is 14.4 Å². The molecule has 0 saturated carbocycles. The van der Waals surface area contributed by atoms with E-state index in [1.165, 1.54) is 0 Å². The lowest BCUT2D eigenvalue weighted by Crippen LogP contribution is -2.50. The summed E-state index contributed by atoms with van der Waals surface area (Å²) in [7, 11) is 1.56. The number of ether oxygens (including phenoxy) is 1. The van der Waals surface area contributed by atoms with Crippen LogP contribution in [0.4, 0.5) is 0 Å². The molecule has 2 aliphatic rings. The normalized spacial score (nSPS) is 18.8. The van der Waals surface area contributed by atoms with E-state index in [2.05, 4.69) is 5.32 Å². The van der Waals surface area contributed by atoms with Gasteiger partial charge in [-0.15, -0.1) is 0 Å². The number of amides is 2. The SMILES string of the molecule is COc1ccccc1/C=C(/NC(=O)c1ccc(Cl)cc1)C(=O)N1C[C@H]2C[C@@H](C1)c1cccc(=O)n1C2. The summed E-state index contributed by atoms with van der Waals surface area (Å²) in [6.45, 7) is 1.56. The number of carbonyl (C=O) groups excluding carboxylic acids is 2. The molecule has 0 radical (unpaired) electrons. The Hall–Kier alpha value is -3.84. The number of fused-ring (bicyclic) bond motifs is 4. The van der Waals surface area contributed by atoms with Crippen molar-refractivity contribution < 1.29 is 14.3 Å². The zero-order chi connectivity index (χ0) is 25.2. The first kappa shape index (κ1) is 23.9. The van der Waals surface area contributed by atoms with Crippen LogP contribution in [0.2, 0.25) is 5.02 Å². The van der Waals surface area contributed by atoms with Crippen LogP contribution < -0.4 is 15.6 Å². The Labute approximate surface area is 213 Å². The van der Waals surface area contributed by atoms with E-state index in [-0.39, 0.29) is 29.0 Å². The molecule has 1 fully saturated rings. The molecule has 0 unspecified atom stereocenters. The average Bonchev–Trinajstić information content (AvgIpc) is 2.89. The molecule has 2 atom stereocenters. The van der Waals surface area contributed by atoms with Gasteiger partial charge in [0, 0.05) is 53.5 Å². The van der Waals surface area contributed by atoms with Crippen molar-refractivity contribution in [2.24, 2.45) is 5.92 Å². The van der Waals surface area contributed by atoms with Gasteiger partial charge in [-0.1, -0.05) is 35.9 Å². The van der Waals surface area contributed by atoms with E-state index < -0.39 is 5.91 Å².